The van der Waals surface area contributed by atoms with Crippen molar-refractivity contribution in [1.82, 2.24) is 4.98 Å². The van der Waals surface area contributed by atoms with Crippen LogP contribution in [-0.2, 0) is 24.1 Å². The maximum atomic E-state index is 14.0. The molecule has 1 N–H and O–H groups in total. The molecule has 5 nitrogen and oxygen atoms in total. The lowest BCUT2D eigenvalue weighted by molar-refractivity contribution is -0.136. The highest BCUT2D eigenvalue weighted by Gasteiger charge is 2.15. The van der Waals surface area contributed by atoms with Gasteiger partial charge < -0.3 is 14.3 Å². The van der Waals surface area contributed by atoms with E-state index >= 15 is 0 Å². The summed E-state index contributed by atoms with van der Waals surface area (Å²) in [6.07, 6.45) is 1.82. The lowest BCUT2D eigenvalue weighted by atomic mass is 10.0. The number of hydrogen-bond donors (Lipinski definition) is 1. The van der Waals surface area contributed by atoms with Crippen molar-refractivity contribution in [2.45, 2.75) is 39.5 Å². The molecule has 3 aromatic rings. The van der Waals surface area contributed by atoms with Crippen molar-refractivity contribution >= 4 is 5.97 Å². The van der Waals surface area contributed by atoms with Gasteiger partial charge in [0, 0.05) is 18.9 Å². The number of carbonyl (C=O) groups is 1. The van der Waals surface area contributed by atoms with E-state index in [1.165, 1.54) is 6.07 Å². The van der Waals surface area contributed by atoms with Crippen LogP contribution in [0.3, 0.4) is 0 Å². The van der Waals surface area contributed by atoms with E-state index in [1.54, 1.807) is 6.92 Å². The number of hydrogen-bond acceptors (Lipinski definition) is 4. The number of benzene rings is 2. The number of oxazole rings is 1. The minimum atomic E-state index is -0.819. The highest BCUT2D eigenvalue weighted by atomic mass is 19.1. The molecule has 0 bridgehead atoms. The van der Waals surface area contributed by atoms with Crippen LogP contribution < -0.4 is 4.74 Å². The average molecular weight is 415 g/mol. The maximum Gasteiger partial charge on any atom is 0.303 e. The van der Waals surface area contributed by atoms with Crippen LogP contribution in [0.15, 0.2) is 40.8 Å². The molecule has 0 unspecified atom stereocenters. The van der Waals surface area contributed by atoms with Gasteiger partial charge in [-0.25, -0.2) is 13.8 Å². The monoisotopic (exact) mass is 415 g/mol. The van der Waals surface area contributed by atoms with Gasteiger partial charge in [-0.15, -0.1) is 0 Å². The molecule has 2 aromatic carbocycles. The number of carboxylic acids is 1. The van der Waals surface area contributed by atoms with Crippen molar-refractivity contribution in [3.05, 3.63) is 70.6 Å². The number of aryl methyl sites for hydroxylation is 3. The number of ether oxygens (including phenoxy) is 1. The first-order valence-electron chi connectivity index (χ1n) is 9.75. The van der Waals surface area contributed by atoms with E-state index in [0.29, 0.717) is 36.7 Å². The second kappa shape index (κ2) is 9.52. The van der Waals surface area contributed by atoms with Gasteiger partial charge in [0.05, 0.1) is 17.9 Å². The standard InChI is InChI=1S/C23H23F2NO4/c1-3-15-12-18(7-4-16(15)5-9-22(27)28)29-11-10-21-14(2)30-23(26-21)19-8-6-17(24)13-20(19)25/h4,6-8,12-13H,3,5,9-11H2,1-2H3,(H,27,28). The molecule has 0 aliphatic heterocycles. The number of carboxylic acid groups (broad SMARTS) is 1. The Labute approximate surface area is 173 Å². The van der Waals surface area contributed by atoms with Crippen molar-refractivity contribution in [2.75, 3.05) is 6.61 Å². The number of nitrogens with zero attached hydrogens (tertiary/aromatic N) is 1. The molecule has 0 amide bonds. The van der Waals surface area contributed by atoms with Gasteiger partial charge in [0.1, 0.15) is 23.1 Å². The van der Waals surface area contributed by atoms with Crippen LogP contribution in [0.1, 0.15) is 35.9 Å². The van der Waals surface area contributed by atoms with Crippen molar-refractivity contribution in [3.8, 4) is 17.2 Å². The number of aromatic nitrogens is 1. The van der Waals surface area contributed by atoms with Gasteiger partial charge in [-0.3, -0.25) is 4.79 Å². The molecule has 158 valence electrons. The number of aliphatic carboxylic acids is 1. The molecule has 0 saturated heterocycles. The summed E-state index contributed by atoms with van der Waals surface area (Å²) in [6, 6.07) is 8.90. The molecule has 0 saturated carbocycles. The highest BCUT2D eigenvalue weighted by molar-refractivity contribution is 5.67. The fraction of sp³-hybridized carbons (Fsp3) is 0.304. The van der Waals surface area contributed by atoms with Crippen LogP contribution in [0.2, 0.25) is 0 Å². The Hall–Kier alpha value is -3.22. The van der Waals surface area contributed by atoms with Crippen molar-refractivity contribution in [3.63, 3.8) is 0 Å². The van der Waals surface area contributed by atoms with E-state index in [2.05, 4.69) is 4.98 Å². The van der Waals surface area contributed by atoms with Gasteiger partial charge in [-0.1, -0.05) is 13.0 Å². The Balaban J connectivity index is 1.64. The minimum Gasteiger partial charge on any atom is -0.493 e. The minimum absolute atomic E-state index is 0.0929. The van der Waals surface area contributed by atoms with Crippen LogP contribution in [-0.4, -0.2) is 22.7 Å². The summed E-state index contributed by atoms with van der Waals surface area (Å²) < 4.78 is 38.4. The third-order valence-corrected chi connectivity index (χ3v) is 4.83. The van der Waals surface area contributed by atoms with Gasteiger partial charge in [-0.2, -0.15) is 0 Å². The zero-order valence-electron chi connectivity index (χ0n) is 16.9. The van der Waals surface area contributed by atoms with E-state index in [4.69, 9.17) is 14.3 Å². The summed E-state index contributed by atoms with van der Waals surface area (Å²) in [4.78, 5) is 15.1. The van der Waals surface area contributed by atoms with Crippen LogP contribution in [0.4, 0.5) is 8.78 Å². The summed E-state index contributed by atoms with van der Waals surface area (Å²) in [5, 5.41) is 8.87. The van der Waals surface area contributed by atoms with Crippen LogP contribution >= 0.6 is 0 Å². The summed E-state index contributed by atoms with van der Waals surface area (Å²) in [5.74, 6) is -0.855. The second-order valence-corrected chi connectivity index (χ2v) is 6.92. The molecule has 0 radical (unpaired) electrons. The molecule has 0 aliphatic rings. The summed E-state index contributed by atoms with van der Waals surface area (Å²) in [7, 11) is 0. The molecule has 1 heterocycles. The third kappa shape index (κ3) is 5.23. The van der Waals surface area contributed by atoms with E-state index in [-0.39, 0.29) is 17.9 Å². The summed E-state index contributed by atoms with van der Waals surface area (Å²) in [5.41, 5.74) is 2.81. The van der Waals surface area contributed by atoms with Crippen molar-refractivity contribution < 1.29 is 27.8 Å². The lowest BCUT2D eigenvalue weighted by Gasteiger charge is -2.11. The topological polar surface area (TPSA) is 72.6 Å². The number of halogens is 2. The van der Waals surface area contributed by atoms with Crippen LogP contribution in [0.5, 0.6) is 5.75 Å². The number of rotatable bonds is 9. The van der Waals surface area contributed by atoms with Gasteiger partial charge >= 0.3 is 5.97 Å². The molecule has 0 atom stereocenters. The summed E-state index contributed by atoms with van der Waals surface area (Å²) in [6.45, 7) is 4.09. The Kier molecular flexibility index (Phi) is 6.82. The molecule has 3 rings (SSSR count). The first-order valence-corrected chi connectivity index (χ1v) is 9.75. The largest absolute Gasteiger partial charge is 0.493 e. The zero-order valence-corrected chi connectivity index (χ0v) is 16.9. The normalized spacial score (nSPS) is 10.9. The molecule has 0 aliphatic carbocycles. The SMILES string of the molecule is CCc1cc(OCCc2nc(-c3ccc(F)cc3F)oc2C)ccc1CCC(=O)O. The fourth-order valence-corrected chi connectivity index (χ4v) is 3.21. The predicted molar refractivity (Wildman–Crippen MR) is 108 cm³/mol. The molecular weight excluding hydrogens is 392 g/mol. The molecule has 30 heavy (non-hydrogen) atoms. The van der Waals surface area contributed by atoms with Crippen molar-refractivity contribution in [1.29, 1.82) is 0 Å². The first-order chi connectivity index (χ1) is 14.4. The Morgan fingerprint density at radius 2 is 1.93 bits per heavy atom. The predicted octanol–water partition coefficient (Wildman–Crippen LogP) is 5.13. The van der Waals surface area contributed by atoms with Gasteiger partial charge in [-0.05, 0) is 55.2 Å². The molecular formula is C23H23F2NO4. The third-order valence-electron chi connectivity index (χ3n) is 4.83. The second-order valence-electron chi connectivity index (χ2n) is 6.92. The molecule has 0 fully saturated rings. The molecule has 1 aromatic heterocycles. The highest BCUT2D eigenvalue weighted by Crippen LogP contribution is 2.26. The van der Waals surface area contributed by atoms with E-state index in [9.17, 15) is 13.6 Å². The van der Waals surface area contributed by atoms with Gasteiger partial charge in [0.25, 0.3) is 0 Å². The maximum absolute atomic E-state index is 14.0. The fourth-order valence-electron chi connectivity index (χ4n) is 3.21. The van der Waals surface area contributed by atoms with E-state index in [1.807, 2.05) is 25.1 Å². The van der Waals surface area contributed by atoms with Crippen molar-refractivity contribution in [2.24, 2.45) is 0 Å². The smallest absolute Gasteiger partial charge is 0.303 e. The van der Waals surface area contributed by atoms with Crippen LogP contribution in [0, 0.1) is 18.6 Å². The van der Waals surface area contributed by atoms with Gasteiger partial charge in [0.15, 0.2) is 0 Å². The Morgan fingerprint density at radius 3 is 2.63 bits per heavy atom. The summed E-state index contributed by atoms with van der Waals surface area (Å²) >= 11 is 0. The molecule has 0 spiro atoms. The Morgan fingerprint density at radius 1 is 1.13 bits per heavy atom. The average Bonchev–Trinajstić information content (AvgIpc) is 3.07. The van der Waals surface area contributed by atoms with E-state index in [0.717, 1.165) is 29.7 Å². The van der Waals surface area contributed by atoms with Crippen LogP contribution in [0.25, 0.3) is 11.5 Å². The zero-order chi connectivity index (χ0) is 21.7. The quantitative estimate of drug-likeness (QED) is 0.525. The van der Waals surface area contributed by atoms with E-state index < -0.39 is 17.6 Å². The first kappa shape index (κ1) is 21.5. The van der Waals surface area contributed by atoms with Gasteiger partial charge in [0.2, 0.25) is 5.89 Å². The molecule has 7 heteroatoms. The Bertz CT molecular complexity index is 1050. The lowest BCUT2D eigenvalue weighted by Crippen LogP contribution is -2.04.